The maximum atomic E-state index is 13.8. The number of fused-ring (bicyclic) bond motifs is 1. The van der Waals surface area contributed by atoms with Crippen LogP contribution < -0.4 is 10.5 Å². The first-order valence-electron chi connectivity index (χ1n) is 15.4. The number of aryl methyl sites for hydroxylation is 1. The molecule has 2 heterocycles. The highest BCUT2D eigenvalue weighted by molar-refractivity contribution is 6.06. The van der Waals surface area contributed by atoms with E-state index in [2.05, 4.69) is 20.5 Å². The maximum absolute atomic E-state index is 13.8. The van der Waals surface area contributed by atoms with Gasteiger partial charge in [0, 0.05) is 23.9 Å². The standard InChI is InChI=1S/C38H29N7O4/c1-43-35(40-41-42-43)32-10-6-5-9-31(32)27-15-11-25(12-16-27)22-44-24-39-34-20-19-30(21-33(34)37(44)47)45(36(46)28-7-3-2-4-8-28)23-26-13-17-29(18-14-26)38(48)49/h2-21,24H,22-23H2,1H3,(H,48,49). The largest absolute Gasteiger partial charge is 0.478 e. The van der Waals surface area contributed by atoms with Gasteiger partial charge in [0.2, 0.25) is 0 Å². The van der Waals surface area contributed by atoms with Crippen molar-refractivity contribution in [1.29, 1.82) is 0 Å². The summed E-state index contributed by atoms with van der Waals surface area (Å²) in [4.78, 5) is 45.2. The second-order valence-corrected chi connectivity index (χ2v) is 11.5. The van der Waals surface area contributed by atoms with Gasteiger partial charge in [-0.25, -0.2) is 14.5 Å². The molecule has 0 aliphatic rings. The molecule has 0 aliphatic heterocycles. The van der Waals surface area contributed by atoms with Crippen LogP contribution in [0.15, 0.2) is 132 Å². The first-order valence-corrected chi connectivity index (χ1v) is 15.4. The van der Waals surface area contributed by atoms with E-state index in [1.807, 2.05) is 54.6 Å². The molecule has 49 heavy (non-hydrogen) atoms. The summed E-state index contributed by atoms with van der Waals surface area (Å²) in [7, 11) is 1.80. The van der Waals surface area contributed by atoms with Crippen LogP contribution in [0.5, 0.6) is 0 Å². The van der Waals surface area contributed by atoms with E-state index < -0.39 is 5.97 Å². The maximum Gasteiger partial charge on any atom is 0.335 e. The predicted octanol–water partition coefficient (Wildman–Crippen LogP) is 5.85. The Kier molecular flexibility index (Phi) is 8.30. The molecule has 7 rings (SSSR count). The zero-order valence-electron chi connectivity index (χ0n) is 26.3. The van der Waals surface area contributed by atoms with Crippen molar-refractivity contribution in [1.82, 2.24) is 29.8 Å². The molecule has 0 fully saturated rings. The normalized spacial score (nSPS) is 11.0. The van der Waals surface area contributed by atoms with Crippen LogP contribution in [-0.4, -0.2) is 46.7 Å². The van der Waals surface area contributed by atoms with Crippen molar-refractivity contribution in [2.24, 2.45) is 7.05 Å². The van der Waals surface area contributed by atoms with Crippen LogP contribution in [0.3, 0.4) is 0 Å². The zero-order valence-corrected chi connectivity index (χ0v) is 26.3. The number of hydrogen-bond donors (Lipinski definition) is 1. The van der Waals surface area contributed by atoms with Gasteiger partial charge in [0.05, 0.1) is 35.9 Å². The number of nitrogens with zero attached hydrogens (tertiary/aromatic N) is 7. The monoisotopic (exact) mass is 647 g/mol. The first kappa shape index (κ1) is 30.9. The number of hydrogen-bond acceptors (Lipinski definition) is 7. The van der Waals surface area contributed by atoms with Gasteiger partial charge in [-0.2, -0.15) is 0 Å². The van der Waals surface area contributed by atoms with E-state index in [1.165, 1.54) is 18.5 Å². The molecule has 240 valence electrons. The van der Waals surface area contributed by atoms with Crippen LogP contribution in [0.1, 0.15) is 31.8 Å². The average Bonchev–Trinajstić information content (AvgIpc) is 3.57. The summed E-state index contributed by atoms with van der Waals surface area (Å²) in [5.74, 6) is -0.629. The molecule has 0 atom stereocenters. The number of carboxylic acid groups (broad SMARTS) is 1. The van der Waals surface area contributed by atoms with E-state index in [4.69, 9.17) is 0 Å². The number of carbonyl (C=O) groups is 2. The molecule has 5 aromatic carbocycles. The van der Waals surface area contributed by atoms with Crippen molar-refractivity contribution in [2.45, 2.75) is 13.1 Å². The van der Waals surface area contributed by atoms with E-state index in [0.717, 1.165) is 27.8 Å². The molecule has 7 aromatic rings. The molecule has 11 nitrogen and oxygen atoms in total. The molecule has 0 aliphatic carbocycles. The van der Waals surface area contributed by atoms with E-state index >= 15 is 0 Å². The summed E-state index contributed by atoms with van der Waals surface area (Å²) < 4.78 is 3.18. The van der Waals surface area contributed by atoms with Gasteiger partial charge in [0.1, 0.15) is 0 Å². The van der Waals surface area contributed by atoms with Crippen LogP contribution in [0.25, 0.3) is 33.4 Å². The lowest BCUT2D eigenvalue weighted by Crippen LogP contribution is -2.30. The molecule has 0 bridgehead atoms. The minimum Gasteiger partial charge on any atom is -0.478 e. The highest BCUT2D eigenvalue weighted by atomic mass is 16.4. The fraction of sp³-hybridized carbons (Fsp3) is 0.0789. The van der Waals surface area contributed by atoms with E-state index in [1.54, 1.807) is 75.8 Å². The number of anilines is 1. The summed E-state index contributed by atoms with van der Waals surface area (Å²) in [5.41, 5.74) is 5.93. The topological polar surface area (TPSA) is 136 Å². The fourth-order valence-corrected chi connectivity index (χ4v) is 5.75. The number of carboxylic acids is 1. The van der Waals surface area contributed by atoms with Gasteiger partial charge in [-0.3, -0.25) is 14.2 Å². The second-order valence-electron chi connectivity index (χ2n) is 11.5. The van der Waals surface area contributed by atoms with E-state index in [0.29, 0.717) is 34.5 Å². The Balaban J connectivity index is 1.19. The number of tetrazole rings is 1. The third kappa shape index (κ3) is 6.32. The van der Waals surface area contributed by atoms with Gasteiger partial charge in [-0.05, 0) is 75.1 Å². The van der Waals surface area contributed by atoms with E-state index in [9.17, 15) is 19.5 Å². The number of amides is 1. The Bertz CT molecular complexity index is 2370. The number of aromatic carboxylic acids is 1. The minimum atomic E-state index is -1.03. The summed E-state index contributed by atoms with van der Waals surface area (Å²) in [5, 5.41) is 21.6. The molecular formula is C38H29N7O4. The number of aromatic nitrogens is 6. The Labute approximate surface area is 280 Å². The van der Waals surface area contributed by atoms with Crippen LogP contribution >= 0.6 is 0 Å². The molecule has 2 aromatic heterocycles. The van der Waals surface area contributed by atoms with Gasteiger partial charge in [0.15, 0.2) is 5.82 Å². The lowest BCUT2D eigenvalue weighted by molar-refractivity contribution is 0.0696. The Morgan fingerprint density at radius 2 is 1.47 bits per heavy atom. The van der Waals surface area contributed by atoms with Crippen molar-refractivity contribution in [2.75, 3.05) is 4.90 Å². The quantitative estimate of drug-likeness (QED) is 0.206. The number of rotatable bonds is 9. The van der Waals surface area contributed by atoms with Crippen LogP contribution in [-0.2, 0) is 20.1 Å². The second kappa shape index (κ2) is 13.2. The summed E-state index contributed by atoms with van der Waals surface area (Å²) in [6, 6.07) is 36.3. The summed E-state index contributed by atoms with van der Waals surface area (Å²) >= 11 is 0. The number of benzene rings is 5. The molecule has 0 radical (unpaired) electrons. The van der Waals surface area contributed by atoms with Gasteiger partial charge >= 0.3 is 5.97 Å². The van der Waals surface area contributed by atoms with Crippen molar-refractivity contribution in [3.63, 3.8) is 0 Å². The van der Waals surface area contributed by atoms with Gasteiger partial charge < -0.3 is 10.0 Å². The Hall–Kier alpha value is -6.75. The lowest BCUT2D eigenvalue weighted by atomic mass is 9.98. The zero-order chi connectivity index (χ0) is 33.9. The summed E-state index contributed by atoms with van der Waals surface area (Å²) in [6.07, 6.45) is 1.53. The first-order chi connectivity index (χ1) is 23.9. The van der Waals surface area contributed by atoms with Gasteiger partial charge in [-0.15, -0.1) is 5.10 Å². The minimum absolute atomic E-state index is 0.154. The van der Waals surface area contributed by atoms with Gasteiger partial charge in [0.25, 0.3) is 11.5 Å². The third-order valence-corrected chi connectivity index (χ3v) is 8.33. The molecule has 1 amide bonds. The SMILES string of the molecule is Cn1nnnc1-c1ccccc1-c1ccc(Cn2cnc3ccc(N(Cc4ccc(C(=O)O)cc4)C(=O)c4ccccc4)cc3c2=O)cc1. The van der Waals surface area contributed by atoms with Crippen molar-refractivity contribution in [3.8, 4) is 22.5 Å². The molecule has 11 heteroatoms. The van der Waals surface area contributed by atoms with Crippen molar-refractivity contribution >= 4 is 28.5 Å². The van der Waals surface area contributed by atoms with Crippen LogP contribution in [0.2, 0.25) is 0 Å². The van der Waals surface area contributed by atoms with Gasteiger partial charge in [-0.1, -0.05) is 78.9 Å². The Morgan fingerprint density at radius 3 is 2.16 bits per heavy atom. The predicted molar refractivity (Wildman–Crippen MR) is 185 cm³/mol. The van der Waals surface area contributed by atoms with Crippen molar-refractivity contribution < 1.29 is 14.7 Å². The van der Waals surface area contributed by atoms with Crippen LogP contribution in [0, 0.1) is 0 Å². The molecule has 1 N–H and O–H groups in total. The highest BCUT2D eigenvalue weighted by Crippen LogP contribution is 2.30. The summed E-state index contributed by atoms with van der Waals surface area (Å²) in [6.45, 7) is 0.458. The smallest absolute Gasteiger partial charge is 0.335 e. The highest BCUT2D eigenvalue weighted by Gasteiger charge is 2.20. The Morgan fingerprint density at radius 1 is 0.776 bits per heavy atom. The molecule has 0 spiro atoms. The third-order valence-electron chi connectivity index (χ3n) is 8.33. The molecule has 0 saturated heterocycles. The van der Waals surface area contributed by atoms with E-state index in [-0.39, 0.29) is 23.6 Å². The average molecular weight is 648 g/mol. The molecule has 0 unspecified atom stereocenters. The molecule has 0 saturated carbocycles. The molecular weight excluding hydrogens is 618 g/mol. The van der Waals surface area contributed by atoms with Crippen LogP contribution in [0.4, 0.5) is 5.69 Å². The fourth-order valence-electron chi connectivity index (χ4n) is 5.75. The lowest BCUT2D eigenvalue weighted by Gasteiger charge is -2.24. The number of carbonyl (C=O) groups excluding carboxylic acids is 1. The van der Waals surface area contributed by atoms with Crippen molar-refractivity contribution in [3.05, 3.63) is 160 Å².